The lowest BCUT2D eigenvalue weighted by molar-refractivity contribution is 0.237. The van der Waals surface area contributed by atoms with Crippen LogP contribution in [0.25, 0.3) is 0 Å². The van der Waals surface area contributed by atoms with Crippen LogP contribution in [-0.2, 0) is 32.6 Å². The summed E-state index contributed by atoms with van der Waals surface area (Å²) in [6, 6.07) is 13.9. The Labute approximate surface area is 179 Å². The number of nitrogens with zero attached hydrogens (tertiary/aromatic N) is 4. The van der Waals surface area contributed by atoms with E-state index in [1.165, 1.54) is 17.7 Å². The highest BCUT2D eigenvalue weighted by atomic mass is 19.1. The van der Waals surface area contributed by atoms with Crippen molar-refractivity contribution in [3.8, 4) is 0 Å². The van der Waals surface area contributed by atoms with Crippen molar-refractivity contribution in [3.05, 3.63) is 92.9 Å². The van der Waals surface area contributed by atoms with E-state index in [0.29, 0.717) is 24.6 Å². The lowest BCUT2D eigenvalue weighted by atomic mass is 10.0. The van der Waals surface area contributed by atoms with Crippen LogP contribution in [0.5, 0.6) is 0 Å². The molecule has 2 aliphatic rings. The van der Waals surface area contributed by atoms with Gasteiger partial charge < -0.3 is 9.47 Å². The summed E-state index contributed by atoms with van der Waals surface area (Å²) in [6.07, 6.45) is 1.67. The van der Waals surface area contributed by atoms with E-state index in [-0.39, 0.29) is 12.1 Å². The standard InChI is InChI=1S/C24H24F2N4O/c25-19-8-7-18(21(26)13-19)15-29-10-4-11-30-22-9-12-28(14-17-5-2-1-3-6-17)16-20(22)23(31)27-24(29)30/h1-3,5-8,13H,4,9-12,14-16H2. The number of hydrogen-bond donors (Lipinski definition) is 0. The molecule has 0 bridgehead atoms. The normalized spacial score (nSPS) is 16.1. The molecule has 7 heteroatoms. The molecule has 0 unspecified atom stereocenters. The second kappa shape index (κ2) is 8.23. The van der Waals surface area contributed by atoms with Crippen molar-refractivity contribution in [2.75, 3.05) is 18.0 Å². The molecule has 0 saturated heterocycles. The maximum absolute atomic E-state index is 14.2. The summed E-state index contributed by atoms with van der Waals surface area (Å²) in [5.41, 5.74) is 3.23. The Kier molecular flexibility index (Phi) is 5.28. The zero-order valence-corrected chi connectivity index (χ0v) is 17.2. The lowest BCUT2D eigenvalue weighted by Crippen LogP contribution is -2.42. The van der Waals surface area contributed by atoms with Gasteiger partial charge in [-0.3, -0.25) is 9.69 Å². The molecule has 3 heterocycles. The first-order valence-corrected chi connectivity index (χ1v) is 10.7. The van der Waals surface area contributed by atoms with Gasteiger partial charge in [0.25, 0.3) is 5.56 Å². The number of rotatable bonds is 4. The molecule has 160 valence electrons. The van der Waals surface area contributed by atoms with Crippen LogP contribution in [-0.4, -0.2) is 27.5 Å². The maximum atomic E-state index is 14.2. The van der Waals surface area contributed by atoms with Crippen LogP contribution in [0, 0.1) is 11.6 Å². The predicted molar refractivity (Wildman–Crippen MR) is 115 cm³/mol. The van der Waals surface area contributed by atoms with Gasteiger partial charge in [-0.2, -0.15) is 4.98 Å². The first-order chi connectivity index (χ1) is 15.1. The number of anilines is 1. The van der Waals surface area contributed by atoms with Crippen molar-refractivity contribution in [1.82, 2.24) is 14.5 Å². The van der Waals surface area contributed by atoms with Gasteiger partial charge in [-0.1, -0.05) is 36.4 Å². The number of halogens is 2. The van der Waals surface area contributed by atoms with E-state index in [2.05, 4.69) is 26.6 Å². The van der Waals surface area contributed by atoms with Gasteiger partial charge in [0.05, 0.1) is 5.56 Å². The first kappa shape index (κ1) is 19.9. The number of fused-ring (bicyclic) bond motifs is 3. The van der Waals surface area contributed by atoms with Gasteiger partial charge in [0, 0.05) is 63.0 Å². The van der Waals surface area contributed by atoms with Crippen LogP contribution in [0.4, 0.5) is 14.7 Å². The second-order valence-corrected chi connectivity index (χ2v) is 8.25. The Morgan fingerprint density at radius 1 is 0.968 bits per heavy atom. The van der Waals surface area contributed by atoms with Crippen LogP contribution < -0.4 is 10.5 Å². The van der Waals surface area contributed by atoms with Crippen molar-refractivity contribution in [1.29, 1.82) is 0 Å². The Hall–Kier alpha value is -3.06. The minimum atomic E-state index is -0.594. The fourth-order valence-corrected chi connectivity index (χ4v) is 4.62. The molecule has 1 aromatic heterocycles. The molecule has 31 heavy (non-hydrogen) atoms. The molecule has 0 N–H and O–H groups in total. The van der Waals surface area contributed by atoms with E-state index in [9.17, 15) is 13.6 Å². The highest BCUT2D eigenvalue weighted by Crippen LogP contribution is 2.27. The molecule has 0 saturated carbocycles. The van der Waals surface area contributed by atoms with Crippen LogP contribution in [0.3, 0.4) is 0 Å². The Morgan fingerprint density at radius 3 is 2.61 bits per heavy atom. The Morgan fingerprint density at radius 2 is 1.81 bits per heavy atom. The molecule has 0 fully saturated rings. The summed E-state index contributed by atoms with van der Waals surface area (Å²) >= 11 is 0. The molecule has 0 atom stereocenters. The minimum absolute atomic E-state index is 0.203. The van der Waals surface area contributed by atoms with Crippen molar-refractivity contribution in [2.24, 2.45) is 0 Å². The van der Waals surface area contributed by atoms with Gasteiger partial charge in [-0.25, -0.2) is 8.78 Å². The van der Waals surface area contributed by atoms with Crippen LogP contribution in [0.15, 0.2) is 53.3 Å². The average Bonchev–Trinajstić information content (AvgIpc) is 2.77. The number of benzene rings is 2. The molecule has 5 nitrogen and oxygen atoms in total. The van der Waals surface area contributed by atoms with Crippen molar-refractivity contribution in [2.45, 2.75) is 39.0 Å². The third-order valence-electron chi connectivity index (χ3n) is 6.14. The fourth-order valence-electron chi connectivity index (χ4n) is 4.62. The summed E-state index contributed by atoms with van der Waals surface area (Å²) < 4.78 is 29.6. The molecule has 0 spiro atoms. The van der Waals surface area contributed by atoms with E-state index in [4.69, 9.17) is 0 Å². The summed E-state index contributed by atoms with van der Waals surface area (Å²) in [5, 5.41) is 0. The zero-order chi connectivity index (χ0) is 21.4. The summed E-state index contributed by atoms with van der Waals surface area (Å²) in [7, 11) is 0. The number of aromatic nitrogens is 2. The van der Waals surface area contributed by atoms with Gasteiger partial charge in [0.1, 0.15) is 11.6 Å². The SMILES string of the molecule is O=c1nc2n(c3c1CN(Cc1ccccc1)CC3)CCCN2Cc1ccc(F)cc1F. The first-order valence-electron chi connectivity index (χ1n) is 10.7. The molecule has 3 aromatic rings. The molecular weight excluding hydrogens is 398 g/mol. The van der Waals surface area contributed by atoms with Crippen molar-refractivity contribution < 1.29 is 8.78 Å². The molecule has 0 radical (unpaired) electrons. The monoisotopic (exact) mass is 422 g/mol. The van der Waals surface area contributed by atoms with Crippen molar-refractivity contribution >= 4 is 5.95 Å². The van der Waals surface area contributed by atoms with Gasteiger partial charge in [0.2, 0.25) is 5.95 Å². The molecule has 2 aromatic carbocycles. The second-order valence-electron chi connectivity index (χ2n) is 8.25. The van der Waals surface area contributed by atoms with E-state index >= 15 is 0 Å². The zero-order valence-electron chi connectivity index (χ0n) is 17.2. The van der Waals surface area contributed by atoms with Gasteiger partial charge in [-0.05, 0) is 18.1 Å². The number of hydrogen-bond acceptors (Lipinski definition) is 4. The largest absolute Gasteiger partial charge is 0.338 e. The quantitative estimate of drug-likeness (QED) is 0.646. The van der Waals surface area contributed by atoms with Crippen LogP contribution in [0.1, 0.15) is 28.8 Å². The minimum Gasteiger partial charge on any atom is -0.338 e. The predicted octanol–water partition coefficient (Wildman–Crippen LogP) is 3.49. The van der Waals surface area contributed by atoms with Gasteiger partial charge in [0.15, 0.2) is 0 Å². The summed E-state index contributed by atoms with van der Waals surface area (Å²) in [4.78, 5) is 21.6. The summed E-state index contributed by atoms with van der Waals surface area (Å²) in [5.74, 6) is -0.576. The Bertz CT molecular complexity index is 1160. The average molecular weight is 422 g/mol. The molecule has 0 amide bonds. The van der Waals surface area contributed by atoms with Crippen molar-refractivity contribution in [3.63, 3.8) is 0 Å². The molecular formula is C24H24F2N4O. The highest BCUT2D eigenvalue weighted by molar-refractivity contribution is 5.40. The summed E-state index contributed by atoms with van der Waals surface area (Å²) in [6.45, 7) is 4.00. The van der Waals surface area contributed by atoms with E-state index in [1.54, 1.807) is 0 Å². The third kappa shape index (κ3) is 3.97. The smallest absolute Gasteiger partial charge is 0.279 e. The van der Waals surface area contributed by atoms with Crippen LogP contribution in [0.2, 0.25) is 0 Å². The topological polar surface area (TPSA) is 41.4 Å². The highest BCUT2D eigenvalue weighted by Gasteiger charge is 2.28. The van der Waals surface area contributed by atoms with E-state index in [1.807, 2.05) is 23.1 Å². The van der Waals surface area contributed by atoms with Gasteiger partial charge in [-0.15, -0.1) is 0 Å². The molecule has 0 aliphatic carbocycles. The fraction of sp³-hybridized carbons (Fsp3) is 0.333. The third-order valence-corrected chi connectivity index (χ3v) is 6.14. The van der Waals surface area contributed by atoms with E-state index in [0.717, 1.165) is 49.8 Å². The van der Waals surface area contributed by atoms with Crippen LogP contribution >= 0.6 is 0 Å². The maximum Gasteiger partial charge on any atom is 0.279 e. The lowest BCUT2D eigenvalue weighted by Gasteiger charge is -2.36. The van der Waals surface area contributed by atoms with Gasteiger partial charge >= 0.3 is 0 Å². The molecule has 5 rings (SSSR count). The molecule has 2 aliphatic heterocycles. The Balaban J connectivity index is 1.42. The van der Waals surface area contributed by atoms with E-state index < -0.39 is 11.6 Å².